The molecule has 142 valence electrons. The maximum Gasteiger partial charge on any atom is 0.419 e. The lowest BCUT2D eigenvalue weighted by Gasteiger charge is -2.12. The molecule has 2 aromatic rings. The van der Waals surface area contributed by atoms with Gasteiger partial charge in [0.15, 0.2) is 28.2 Å². The van der Waals surface area contributed by atoms with E-state index in [4.69, 9.17) is 0 Å². The summed E-state index contributed by atoms with van der Waals surface area (Å²) in [6.07, 6.45) is -5.28. The minimum absolute atomic E-state index is 0.131. The van der Waals surface area contributed by atoms with Crippen LogP contribution < -0.4 is 4.18 Å². The largest absolute Gasteiger partial charge is 0.419 e. The standard InChI is InChI=1S/C13H3F9O3S/c14-6-2-1-4(3-5(6)13(20,21)22)25-26(23,24)12-10(18)8(16)7(15)9(17)11(12)19/h1-3H. The molecule has 0 spiro atoms. The number of benzene rings is 2. The summed E-state index contributed by atoms with van der Waals surface area (Å²) in [5.41, 5.74) is -1.98. The van der Waals surface area contributed by atoms with Gasteiger partial charge >= 0.3 is 16.3 Å². The fraction of sp³-hybridized carbons (Fsp3) is 0.0769. The first-order chi connectivity index (χ1) is 11.8. The van der Waals surface area contributed by atoms with Crippen LogP contribution in [0, 0.1) is 34.9 Å². The van der Waals surface area contributed by atoms with Crippen molar-refractivity contribution >= 4 is 10.1 Å². The number of hydrogen-bond donors (Lipinski definition) is 0. The minimum atomic E-state index is -5.80. The number of halogens is 9. The van der Waals surface area contributed by atoms with Crippen LogP contribution in [0.4, 0.5) is 39.5 Å². The first kappa shape index (κ1) is 19.9. The first-order valence-corrected chi connectivity index (χ1v) is 7.51. The average Bonchev–Trinajstić information content (AvgIpc) is 2.51. The van der Waals surface area contributed by atoms with Gasteiger partial charge in [0.2, 0.25) is 5.82 Å². The molecule has 2 rings (SSSR count). The summed E-state index contributed by atoms with van der Waals surface area (Å²) in [6, 6.07) is 0.305. The summed E-state index contributed by atoms with van der Waals surface area (Å²) in [5, 5.41) is 0. The quantitative estimate of drug-likeness (QED) is 0.328. The Bertz CT molecular complexity index is 954. The molecule has 0 saturated carbocycles. The zero-order valence-electron chi connectivity index (χ0n) is 11.8. The zero-order valence-corrected chi connectivity index (χ0v) is 12.6. The van der Waals surface area contributed by atoms with Gasteiger partial charge in [-0.25, -0.2) is 26.3 Å². The van der Waals surface area contributed by atoms with Gasteiger partial charge in [0.1, 0.15) is 11.6 Å². The van der Waals surface area contributed by atoms with Crippen molar-refractivity contribution in [2.24, 2.45) is 0 Å². The van der Waals surface area contributed by atoms with Gasteiger partial charge in [0.05, 0.1) is 5.56 Å². The third kappa shape index (κ3) is 3.43. The third-order valence-electron chi connectivity index (χ3n) is 2.87. The Morgan fingerprint density at radius 3 is 1.69 bits per heavy atom. The van der Waals surface area contributed by atoms with Crippen LogP contribution in [0.15, 0.2) is 23.1 Å². The number of hydrogen-bond acceptors (Lipinski definition) is 3. The van der Waals surface area contributed by atoms with E-state index in [1.807, 2.05) is 0 Å². The lowest BCUT2D eigenvalue weighted by atomic mass is 10.2. The Morgan fingerprint density at radius 2 is 1.23 bits per heavy atom. The molecule has 0 aliphatic rings. The topological polar surface area (TPSA) is 43.4 Å². The molecule has 0 aliphatic heterocycles. The van der Waals surface area contributed by atoms with Gasteiger partial charge in [-0.1, -0.05) is 0 Å². The Hall–Kier alpha value is -2.44. The molecule has 0 unspecified atom stereocenters. The van der Waals surface area contributed by atoms with Crippen molar-refractivity contribution in [3.63, 3.8) is 0 Å². The van der Waals surface area contributed by atoms with Gasteiger partial charge in [-0.2, -0.15) is 21.6 Å². The number of alkyl halides is 3. The Morgan fingerprint density at radius 1 is 0.769 bits per heavy atom. The van der Waals surface area contributed by atoms with Gasteiger partial charge in [0.25, 0.3) is 0 Å². The van der Waals surface area contributed by atoms with E-state index in [0.29, 0.717) is 6.07 Å². The smallest absolute Gasteiger partial charge is 0.379 e. The summed E-state index contributed by atoms with van der Waals surface area (Å²) in [7, 11) is -5.80. The predicted molar refractivity (Wildman–Crippen MR) is 65.4 cm³/mol. The molecule has 0 radical (unpaired) electrons. The average molecular weight is 410 g/mol. The van der Waals surface area contributed by atoms with Gasteiger partial charge in [-0.3, -0.25) is 0 Å². The third-order valence-corrected chi connectivity index (χ3v) is 4.14. The summed E-state index contributed by atoms with van der Waals surface area (Å²) in [6.45, 7) is 0. The van der Waals surface area contributed by atoms with Crippen LogP contribution >= 0.6 is 0 Å². The predicted octanol–water partition coefficient (Wildman–Crippen LogP) is 4.31. The van der Waals surface area contributed by atoms with E-state index in [-0.39, 0.29) is 12.1 Å². The van der Waals surface area contributed by atoms with E-state index >= 15 is 0 Å². The molecule has 0 amide bonds. The lowest BCUT2D eigenvalue weighted by Crippen LogP contribution is -2.18. The molecule has 0 heterocycles. The van der Waals surface area contributed by atoms with Crippen molar-refractivity contribution in [1.29, 1.82) is 0 Å². The highest BCUT2D eigenvalue weighted by atomic mass is 32.2. The lowest BCUT2D eigenvalue weighted by molar-refractivity contribution is -0.140. The molecule has 2 aromatic carbocycles. The highest BCUT2D eigenvalue weighted by molar-refractivity contribution is 7.87. The van der Waals surface area contributed by atoms with E-state index in [9.17, 15) is 47.9 Å². The molecule has 0 aliphatic carbocycles. The summed E-state index contributed by atoms with van der Waals surface area (Å²) < 4.78 is 144. The second kappa shape index (κ2) is 6.37. The highest BCUT2D eigenvalue weighted by Crippen LogP contribution is 2.35. The van der Waals surface area contributed by atoms with E-state index in [0.717, 1.165) is 0 Å². The molecule has 0 aromatic heterocycles. The molecular formula is C13H3F9O3S. The van der Waals surface area contributed by atoms with Crippen LogP contribution in [0.5, 0.6) is 5.75 Å². The van der Waals surface area contributed by atoms with Gasteiger partial charge in [-0.15, -0.1) is 0 Å². The second-order valence-corrected chi connectivity index (χ2v) is 6.06. The molecule has 3 nitrogen and oxygen atoms in total. The Labute approximate surface area is 138 Å². The fourth-order valence-electron chi connectivity index (χ4n) is 1.75. The van der Waals surface area contributed by atoms with E-state index < -0.39 is 67.4 Å². The van der Waals surface area contributed by atoms with E-state index in [1.165, 1.54) is 0 Å². The van der Waals surface area contributed by atoms with Crippen molar-refractivity contribution in [1.82, 2.24) is 0 Å². The molecule has 0 N–H and O–H groups in total. The van der Waals surface area contributed by atoms with Crippen molar-refractivity contribution in [2.75, 3.05) is 0 Å². The van der Waals surface area contributed by atoms with Gasteiger partial charge < -0.3 is 4.18 Å². The highest BCUT2D eigenvalue weighted by Gasteiger charge is 2.37. The monoisotopic (exact) mass is 410 g/mol. The molecule has 13 heteroatoms. The maximum absolute atomic E-state index is 13.5. The minimum Gasteiger partial charge on any atom is -0.379 e. The summed E-state index contributed by atoms with van der Waals surface area (Å²) in [5.74, 6) is -16.5. The summed E-state index contributed by atoms with van der Waals surface area (Å²) in [4.78, 5) is -2.41. The van der Waals surface area contributed by atoms with Crippen molar-refractivity contribution in [3.8, 4) is 5.75 Å². The van der Waals surface area contributed by atoms with Crippen LogP contribution in [0.3, 0.4) is 0 Å². The first-order valence-electron chi connectivity index (χ1n) is 6.10. The van der Waals surface area contributed by atoms with Crippen LogP contribution in [0.2, 0.25) is 0 Å². The van der Waals surface area contributed by atoms with Crippen molar-refractivity contribution < 1.29 is 52.1 Å². The molecular weight excluding hydrogens is 407 g/mol. The van der Waals surface area contributed by atoms with Crippen LogP contribution in [-0.4, -0.2) is 8.42 Å². The molecule has 0 fully saturated rings. The zero-order chi connectivity index (χ0) is 20.0. The maximum atomic E-state index is 13.5. The fourth-order valence-corrected chi connectivity index (χ4v) is 2.80. The van der Waals surface area contributed by atoms with Gasteiger partial charge in [-0.05, 0) is 18.2 Å². The van der Waals surface area contributed by atoms with Crippen LogP contribution in [0.1, 0.15) is 5.56 Å². The number of rotatable bonds is 3. The van der Waals surface area contributed by atoms with Crippen LogP contribution in [-0.2, 0) is 16.3 Å². The second-order valence-electron chi connectivity index (χ2n) is 4.58. The molecule has 0 bridgehead atoms. The van der Waals surface area contributed by atoms with Crippen LogP contribution in [0.25, 0.3) is 0 Å². The van der Waals surface area contributed by atoms with Gasteiger partial charge in [0, 0.05) is 0 Å². The van der Waals surface area contributed by atoms with Crippen molar-refractivity contribution in [3.05, 3.63) is 58.7 Å². The van der Waals surface area contributed by atoms with Crippen molar-refractivity contribution in [2.45, 2.75) is 11.1 Å². The summed E-state index contributed by atoms with van der Waals surface area (Å²) >= 11 is 0. The van der Waals surface area contributed by atoms with E-state index in [1.54, 1.807) is 0 Å². The molecule has 0 saturated heterocycles. The molecule has 26 heavy (non-hydrogen) atoms. The Kier molecular flexibility index (Phi) is 4.87. The SMILES string of the molecule is O=S(=O)(Oc1ccc(F)c(C(F)(F)F)c1)c1c(F)c(F)c(F)c(F)c1F. The Balaban J connectivity index is 2.59. The van der Waals surface area contributed by atoms with E-state index in [2.05, 4.69) is 4.18 Å². The normalized spacial score (nSPS) is 12.3. The molecule has 0 atom stereocenters.